The molecule has 0 saturated heterocycles. The van der Waals surface area contributed by atoms with Crippen LogP contribution in [-0.4, -0.2) is 35.2 Å². The highest BCUT2D eigenvalue weighted by atomic mass is 35.5. The van der Waals surface area contributed by atoms with Crippen molar-refractivity contribution < 1.29 is 18.8 Å². The number of aromatic nitrogens is 2. The Morgan fingerprint density at radius 3 is 2.85 bits per heavy atom. The molecule has 1 atom stereocenters. The predicted octanol–water partition coefficient (Wildman–Crippen LogP) is 2.95. The molecule has 3 rings (SSSR count). The van der Waals surface area contributed by atoms with E-state index in [4.69, 9.17) is 20.9 Å². The van der Waals surface area contributed by atoms with E-state index in [-0.39, 0.29) is 17.5 Å². The van der Waals surface area contributed by atoms with Crippen molar-refractivity contribution in [2.24, 2.45) is 0 Å². The van der Waals surface area contributed by atoms with Crippen LogP contribution in [0.3, 0.4) is 0 Å². The summed E-state index contributed by atoms with van der Waals surface area (Å²) in [6.45, 7) is 1.76. The maximum atomic E-state index is 12.4. The zero-order valence-electron chi connectivity index (χ0n) is 15.0. The van der Waals surface area contributed by atoms with Crippen molar-refractivity contribution in [2.45, 2.75) is 32.2 Å². The zero-order valence-corrected chi connectivity index (χ0v) is 15.8. The average Bonchev–Trinajstić information content (AvgIpc) is 3.22. The molecule has 0 spiro atoms. The van der Waals surface area contributed by atoms with Gasteiger partial charge in [0.25, 0.3) is 0 Å². The Morgan fingerprint density at radius 1 is 1.37 bits per heavy atom. The number of aromatic amines is 1. The third-order valence-electron chi connectivity index (χ3n) is 4.46. The largest absolute Gasteiger partial charge is 0.467 e. The number of benzene rings is 1. The van der Waals surface area contributed by atoms with Crippen molar-refractivity contribution in [3.05, 3.63) is 52.5 Å². The van der Waals surface area contributed by atoms with E-state index in [1.807, 2.05) is 30.5 Å². The number of H-pyrrole nitrogens is 1. The second kappa shape index (κ2) is 8.26. The van der Waals surface area contributed by atoms with Crippen molar-refractivity contribution >= 4 is 34.4 Å². The minimum absolute atomic E-state index is 0.156. The fraction of sp³-hybridized carbons (Fsp3) is 0.316. The predicted molar refractivity (Wildman–Crippen MR) is 101 cm³/mol. The average molecular weight is 390 g/mol. The first kappa shape index (κ1) is 19.0. The summed E-state index contributed by atoms with van der Waals surface area (Å²) in [6.07, 6.45) is 2.70. The number of nitrogens with one attached hydrogen (secondary N) is 2. The van der Waals surface area contributed by atoms with Crippen LogP contribution >= 0.6 is 11.6 Å². The standard InChI is InChI=1S/C19H20ClN3O4/c1-11-13(18(20)27-23-11)7-8-17(24)22-16(19(25)26-2)9-12-10-21-15-6-4-3-5-14(12)15/h3-6,10,16,21H,7-9H2,1-2H3,(H,22,24)/t16-/m1/s1. The summed E-state index contributed by atoms with van der Waals surface area (Å²) in [7, 11) is 1.30. The molecule has 0 saturated carbocycles. The van der Waals surface area contributed by atoms with Crippen molar-refractivity contribution in [1.29, 1.82) is 0 Å². The van der Waals surface area contributed by atoms with Crippen molar-refractivity contribution in [1.82, 2.24) is 15.5 Å². The van der Waals surface area contributed by atoms with Crippen molar-refractivity contribution in [2.75, 3.05) is 7.11 Å². The number of esters is 1. The molecule has 0 aliphatic carbocycles. The number of carbonyl (C=O) groups excluding carboxylic acids is 2. The van der Waals surface area contributed by atoms with Crippen LogP contribution in [0.15, 0.2) is 35.0 Å². The van der Waals surface area contributed by atoms with Gasteiger partial charge in [0.05, 0.1) is 12.8 Å². The monoisotopic (exact) mass is 389 g/mol. The Kier molecular flexibility index (Phi) is 5.81. The van der Waals surface area contributed by atoms with Gasteiger partial charge in [-0.2, -0.15) is 0 Å². The lowest BCUT2D eigenvalue weighted by Gasteiger charge is -2.16. The fourth-order valence-corrected chi connectivity index (χ4v) is 3.27. The molecule has 0 radical (unpaired) electrons. The number of rotatable bonds is 7. The number of nitrogens with zero attached hydrogens (tertiary/aromatic N) is 1. The van der Waals surface area contributed by atoms with Gasteiger partial charge in [-0.25, -0.2) is 4.79 Å². The molecule has 0 aliphatic heterocycles. The molecular formula is C19H20ClN3O4. The van der Waals surface area contributed by atoms with Crippen LogP contribution in [0.5, 0.6) is 0 Å². The van der Waals surface area contributed by atoms with E-state index >= 15 is 0 Å². The number of ether oxygens (including phenoxy) is 1. The highest BCUT2D eigenvalue weighted by Crippen LogP contribution is 2.21. The number of fused-ring (bicyclic) bond motifs is 1. The molecule has 2 N–H and O–H groups in total. The van der Waals surface area contributed by atoms with Crippen molar-refractivity contribution in [3.8, 4) is 0 Å². The maximum Gasteiger partial charge on any atom is 0.328 e. The number of hydrogen-bond acceptors (Lipinski definition) is 5. The summed E-state index contributed by atoms with van der Waals surface area (Å²) in [4.78, 5) is 27.7. The Morgan fingerprint density at radius 2 is 2.15 bits per heavy atom. The number of para-hydroxylation sites is 1. The van der Waals surface area contributed by atoms with Gasteiger partial charge in [0, 0.05) is 35.5 Å². The topological polar surface area (TPSA) is 97.2 Å². The highest BCUT2D eigenvalue weighted by Gasteiger charge is 2.23. The highest BCUT2D eigenvalue weighted by molar-refractivity contribution is 6.29. The molecule has 2 aromatic heterocycles. The summed E-state index contributed by atoms with van der Waals surface area (Å²) in [6, 6.07) is 7.00. The van der Waals surface area contributed by atoms with E-state index in [1.165, 1.54) is 7.11 Å². The smallest absolute Gasteiger partial charge is 0.328 e. The van der Waals surface area contributed by atoms with Crippen LogP contribution < -0.4 is 5.32 Å². The SMILES string of the molecule is COC(=O)[C@@H](Cc1c[nH]c2ccccc12)NC(=O)CCc1c(C)noc1Cl. The van der Waals surface area contributed by atoms with Gasteiger partial charge in [-0.15, -0.1) is 0 Å². The minimum atomic E-state index is -0.777. The normalized spacial score (nSPS) is 12.1. The number of carbonyl (C=O) groups is 2. The van der Waals surface area contributed by atoms with Crippen LogP contribution in [0, 0.1) is 6.92 Å². The summed E-state index contributed by atoms with van der Waals surface area (Å²) >= 11 is 5.92. The van der Waals surface area contributed by atoms with Crippen LogP contribution in [-0.2, 0) is 27.2 Å². The van der Waals surface area contributed by atoms with E-state index in [0.717, 1.165) is 16.5 Å². The number of hydrogen-bond donors (Lipinski definition) is 2. The van der Waals surface area contributed by atoms with Gasteiger partial charge in [-0.1, -0.05) is 23.4 Å². The lowest BCUT2D eigenvalue weighted by atomic mass is 10.0. The van der Waals surface area contributed by atoms with E-state index in [2.05, 4.69) is 15.5 Å². The molecule has 3 aromatic rings. The molecule has 0 unspecified atom stereocenters. The van der Waals surface area contributed by atoms with Crippen LogP contribution in [0.1, 0.15) is 23.2 Å². The fourth-order valence-electron chi connectivity index (χ4n) is 3.00. The second-order valence-electron chi connectivity index (χ2n) is 6.23. The number of methoxy groups -OCH3 is 1. The third-order valence-corrected chi connectivity index (χ3v) is 4.76. The van der Waals surface area contributed by atoms with Crippen LogP contribution in [0.25, 0.3) is 10.9 Å². The van der Waals surface area contributed by atoms with E-state index in [1.54, 1.807) is 6.92 Å². The van der Waals surface area contributed by atoms with E-state index in [0.29, 0.717) is 24.1 Å². The van der Waals surface area contributed by atoms with Crippen molar-refractivity contribution in [3.63, 3.8) is 0 Å². The first-order valence-electron chi connectivity index (χ1n) is 8.52. The molecule has 2 heterocycles. The Hall–Kier alpha value is -2.80. The third kappa shape index (κ3) is 4.31. The van der Waals surface area contributed by atoms with Gasteiger partial charge in [-0.3, -0.25) is 4.79 Å². The lowest BCUT2D eigenvalue weighted by Crippen LogP contribution is -2.43. The summed E-state index contributed by atoms with van der Waals surface area (Å²) < 4.78 is 9.73. The molecule has 27 heavy (non-hydrogen) atoms. The van der Waals surface area contributed by atoms with E-state index in [9.17, 15) is 9.59 Å². The van der Waals surface area contributed by atoms with Crippen LogP contribution in [0.2, 0.25) is 5.22 Å². The number of amides is 1. The Balaban J connectivity index is 1.68. The quantitative estimate of drug-likeness (QED) is 0.605. The van der Waals surface area contributed by atoms with Gasteiger partial charge >= 0.3 is 5.97 Å². The minimum Gasteiger partial charge on any atom is -0.467 e. The number of halogens is 1. The molecular weight excluding hydrogens is 370 g/mol. The summed E-state index contributed by atoms with van der Waals surface area (Å²) in [5.41, 5.74) is 3.24. The van der Waals surface area contributed by atoms with Gasteiger partial charge in [-0.05, 0) is 36.6 Å². The molecule has 1 amide bonds. The van der Waals surface area contributed by atoms with E-state index < -0.39 is 12.0 Å². The van der Waals surface area contributed by atoms with Gasteiger partial charge < -0.3 is 19.6 Å². The van der Waals surface area contributed by atoms with Gasteiger partial charge in [0.15, 0.2) is 0 Å². The molecule has 8 heteroatoms. The van der Waals surface area contributed by atoms with Gasteiger partial charge in [0.2, 0.25) is 11.1 Å². The summed E-state index contributed by atoms with van der Waals surface area (Å²) in [5, 5.41) is 7.70. The molecule has 7 nitrogen and oxygen atoms in total. The second-order valence-corrected chi connectivity index (χ2v) is 6.57. The maximum absolute atomic E-state index is 12.4. The summed E-state index contributed by atoms with van der Waals surface area (Å²) in [5.74, 6) is -0.769. The first-order valence-corrected chi connectivity index (χ1v) is 8.90. The first-order chi connectivity index (χ1) is 13.0. The zero-order chi connectivity index (χ0) is 19.4. The molecule has 0 fully saturated rings. The molecule has 142 valence electrons. The Bertz CT molecular complexity index is 943. The number of aryl methyl sites for hydroxylation is 1. The molecule has 0 bridgehead atoms. The van der Waals surface area contributed by atoms with Crippen LogP contribution in [0.4, 0.5) is 0 Å². The Labute approximate surface area is 161 Å². The molecule has 1 aromatic carbocycles. The van der Waals surface area contributed by atoms with Gasteiger partial charge in [0.1, 0.15) is 6.04 Å². The lowest BCUT2D eigenvalue weighted by molar-refractivity contribution is -0.145. The molecule has 0 aliphatic rings.